The molecule has 0 radical (unpaired) electrons. The molecule has 146 valence electrons. The molecule has 0 aliphatic carbocycles. The number of nitrogens with one attached hydrogen (secondary N) is 2. The van der Waals surface area contributed by atoms with Gasteiger partial charge < -0.3 is 15.4 Å². The molecule has 0 atom stereocenters. The van der Waals surface area contributed by atoms with Crippen LogP contribution in [0.5, 0.6) is 0 Å². The first kappa shape index (κ1) is 19.5. The Balaban J connectivity index is 1.59. The molecule has 8 heteroatoms. The van der Waals surface area contributed by atoms with Crippen LogP contribution >= 0.6 is 0 Å². The van der Waals surface area contributed by atoms with E-state index in [0.29, 0.717) is 11.7 Å². The third-order valence-electron chi connectivity index (χ3n) is 4.35. The van der Waals surface area contributed by atoms with E-state index in [1.807, 2.05) is 12.1 Å². The van der Waals surface area contributed by atoms with E-state index < -0.39 is 22.3 Å². The van der Waals surface area contributed by atoms with Crippen LogP contribution in [0.3, 0.4) is 0 Å². The minimum Gasteiger partial charge on any atom is -0.382 e. The minimum absolute atomic E-state index is 0.151. The maximum absolute atomic E-state index is 13.2. The number of ether oxygens (including phenoxy) is 1. The second kappa shape index (κ2) is 9.09. The fourth-order valence-electron chi connectivity index (χ4n) is 2.89. The lowest BCUT2D eigenvalue weighted by Gasteiger charge is -2.24. The normalized spacial score (nSPS) is 14.8. The van der Waals surface area contributed by atoms with E-state index in [2.05, 4.69) is 10.6 Å². The molecule has 0 saturated carbocycles. The first-order chi connectivity index (χ1) is 13.5. The van der Waals surface area contributed by atoms with E-state index in [4.69, 9.17) is 4.74 Å². The number of carbonyl (C=O) groups excluding carboxylic acids is 1. The van der Waals surface area contributed by atoms with Gasteiger partial charge in [-0.25, -0.2) is 4.39 Å². The molecule has 28 heavy (non-hydrogen) atoms. The van der Waals surface area contributed by atoms with Crippen molar-refractivity contribution in [1.29, 1.82) is 0 Å². The van der Waals surface area contributed by atoms with Crippen molar-refractivity contribution in [3.63, 3.8) is 0 Å². The molecule has 3 rings (SSSR count). The maximum atomic E-state index is 13.2. The molecule has 7 nitrogen and oxygen atoms in total. The number of rotatable bonds is 6. The van der Waals surface area contributed by atoms with Crippen molar-refractivity contribution in [3.05, 3.63) is 70.0 Å². The quantitative estimate of drug-likeness (QED) is 0.446. The fraction of sp³-hybridized carbons (Fsp3) is 0.250. The minimum atomic E-state index is -0.706. The van der Waals surface area contributed by atoms with Gasteiger partial charge in [-0.3, -0.25) is 14.9 Å². The SMILES string of the molecule is O=C(/C=C/c1ccc(F)cc1[N+](=O)[O-])Nc1ccc(NC2CCOCC2)cc1. The third-order valence-corrected chi connectivity index (χ3v) is 4.35. The highest BCUT2D eigenvalue weighted by molar-refractivity contribution is 6.02. The van der Waals surface area contributed by atoms with Crippen LogP contribution in [0.25, 0.3) is 6.08 Å². The predicted molar refractivity (Wildman–Crippen MR) is 105 cm³/mol. The molecule has 2 aromatic carbocycles. The van der Waals surface area contributed by atoms with Gasteiger partial charge in [0, 0.05) is 36.7 Å². The number of amides is 1. The zero-order valence-electron chi connectivity index (χ0n) is 15.1. The number of carbonyl (C=O) groups is 1. The first-order valence-electron chi connectivity index (χ1n) is 8.88. The molecule has 2 aromatic rings. The maximum Gasteiger partial charge on any atom is 0.279 e. The largest absolute Gasteiger partial charge is 0.382 e. The summed E-state index contributed by atoms with van der Waals surface area (Å²) in [4.78, 5) is 22.4. The summed E-state index contributed by atoms with van der Waals surface area (Å²) in [5.41, 5.74) is 1.31. The van der Waals surface area contributed by atoms with E-state index in [1.165, 1.54) is 18.2 Å². The molecule has 0 aromatic heterocycles. The van der Waals surface area contributed by atoms with E-state index in [-0.39, 0.29) is 5.56 Å². The number of nitro benzene ring substituents is 1. The van der Waals surface area contributed by atoms with Crippen molar-refractivity contribution >= 4 is 29.0 Å². The van der Waals surface area contributed by atoms with Gasteiger partial charge in [-0.15, -0.1) is 0 Å². The smallest absolute Gasteiger partial charge is 0.279 e. The van der Waals surface area contributed by atoms with Gasteiger partial charge >= 0.3 is 0 Å². The lowest BCUT2D eigenvalue weighted by molar-refractivity contribution is -0.385. The summed E-state index contributed by atoms with van der Waals surface area (Å²) >= 11 is 0. The summed E-state index contributed by atoms with van der Waals surface area (Å²) in [6.07, 6.45) is 4.38. The highest BCUT2D eigenvalue weighted by Crippen LogP contribution is 2.21. The Bertz CT molecular complexity index is 878. The molecule has 1 heterocycles. The zero-order chi connectivity index (χ0) is 19.9. The van der Waals surface area contributed by atoms with Crippen molar-refractivity contribution in [2.75, 3.05) is 23.8 Å². The highest BCUT2D eigenvalue weighted by Gasteiger charge is 2.14. The highest BCUT2D eigenvalue weighted by atomic mass is 19.1. The van der Waals surface area contributed by atoms with Crippen LogP contribution in [0.2, 0.25) is 0 Å². The van der Waals surface area contributed by atoms with Gasteiger partial charge in [-0.1, -0.05) is 0 Å². The average Bonchev–Trinajstić information content (AvgIpc) is 2.69. The van der Waals surface area contributed by atoms with Crippen molar-refractivity contribution in [2.45, 2.75) is 18.9 Å². The van der Waals surface area contributed by atoms with Crippen molar-refractivity contribution in [3.8, 4) is 0 Å². The van der Waals surface area contributed by atoms with Gasteiger partial charge in [-0.2, -0.15) is 0 Å². The van der Waals surface area contributed by atoms with Gasteiger partial charge in [0.2, 0.25) is 5.91 Å². The Labute approximate surface area is 161 Å². The van der Waals surface area contributed by atoms with Crippen LogP contribution in [0.15, 0.2) is 48.5 Å². The third kappa shape index (κ3) is 5.37. The van der Waals surface area contributed by atoms with Crippen LogP contribution < -0.4 is 10.6 Å². The monoisotopic (exact) mass is 385 g/mol. The molecule has 1 aliphatic rings. The summed E-state index contributed by atoms with van der Waals surface area (Å²) in [7, 11) is 0. The molecule has 1 amide bonds. The molecule has 1 aliphatic heterocycles. The van der Waals surface area contributed by atoms with Crippen molar-refractivity contribution in [2.24, 2.45) is 0 Å². The van der Waals surface area contributed by atoms with Gasteiger partial charge in [0.05, 0.1) is 16.6 Å². The summed E-state index contributed by atoms with van der Waals surface area (Å²) in [5.74, 6) is -1.15. The number of hydrogen-bond donors (Lipinski definition) is 2. The van der Waals surface area contributed by atoms with Gasteiger partial charge in [0.15, 0.2) is 0 Å². The molecule has 1 saturated heterocycles. The standard InChI is InChI=1S/C20H20FN3O4/c21-15-3-1-14(19(13-15)24(26)27)2-8-20(25)23-17-6-4-16(5-7-17)22-18-9-11-28-12-10-18/h1-8,13,18,22H,9-12H2,(H,23,25)/b8-2+. The lowest BCUT2D eigenvalue weighted by Crippen LogP contribution is -2.27. The van der Waals surface area contributed by atoms with Gasteiger partial charge in [0.25, 0.3) is 5.69 Å². The molecule has 0 unspecified atom stereocenters. The van der Waals surface area contributed by atoms with Crippen molar-refractivity contribution < 1.29 is 18.8 Å². The zero-order valence-corrected chi connectivity index (χ0v) is 15.1. The lowest BCUT2D eigenvalue weighted by atomic mass is 10.1. The second-order valence-corrected chi connectivity index (χ2v) is 6.39. The van der Waals surface area contributed by atoms with E-state index in [0.717, 1.165) is 43.9 Å². The number of nitrogens with zero attached hydrogens (tertiary/aromatic N) is 1. The first-order valence-corrected chi connectivity index (χ1v) is 8.88. The van der Waals surface area contributed by atoms with E-state index in [1.54, 1.807) is 12.1 Å². The molecule has 2 N–H and O–H groups in total. The summed E-state index contributed by atoms with van der Waals surface area (Å²) in [5, 5.41) is 17.1. The second-order valence-electron chi connectivity index (χ2n) is 6.39. The Morgan fingerprint density at radius 1 is 1.14 bits per heavy atom. The average molecular weight is 385 g/mol. The topological polar surface area (TPSA) is 93.5 Å². The Hall–Kier alpha value is -3.26. The fourth-order valence-corrected chi connectivity index (χ4v) is 2.89. The number of benzene rings is 2. The number of nitro groups is 1. The van der Waals surface area contributed by atoms with E-state index >= 15 is 0 Å². The van der Waals surface area contributed by atoms with Crippen LogP contribution in [0.1, 0.15) is 18.4 Å². The number of hydrogen-bond acceptors (Lipinski definition) is 5. The van der Waals surface area contributed by atoms with Crippen LogP contribution in [0.4, 0.5) is 21.5 Å². The molecule has 1 fully saturated rings. The van der Waals surface area contributed by atoms with E-state index in [9.17, 15) is 19.3 Å². The van der Waals surface area contributed by atoms with Crippen LogP contribution in [0, 0.1) is 15.9 Å². The Kier molecular flexibility index (Phi) is 6.33. The molecular formula is C20H20FN3O4. The van der Waals surface area contributed by atoms with Crippen LogP contribution in [-0.2, 0) is 9.53 Å². The Morgan fingerprint density at radius 2 is 1.82 bits per heavy atom. The van der Waals surface area contributed by atoms with Crippen molar-refractivity contribution in [1.82, 2.24) is 0 Å². The van der Waals surface area contributed by atoms with Crippen LogP contribution in [-0.4, -0.2) is 30.1 Å². The predicted octanol–water partition coefficient (Wildman–Crippen LogP) is 3.98. The Morgan fingerprint density at radius 3 is 2.50 bits per heavy atom. The van der Waals surface area contributed by atoms with Gasteiger partial charge in [0.1, 0.15) is 5.82 Å². The summed E-state index contributed by atoms with van der Waals surface area (Å²) in [6.45, 7) is 1.51. The molecule has 0 bridgehead atoms. The number of halogens is 1. The summed E-state index contributed by atoms with van der Waals surface area (Å²) < 4.78 is 18.5. The molecule has 0 spiro atoms. The van der Waals surface area contributed by atoms with Gasteiger partial charge in [-0.05, 0) is 55.3 Å². The number of anilines is 2. The summed E-state index contributed by atoms with van der Waals surface area (Å²) in [6, 6.07) is 10.9. The molecular weight excluding hydrogens is 365 g/mol.